The average molecular weight is 456 g/mol. The second kappa shape index (κ2) is 8.54. The summed E-state index contributed by atoms with van der Waals surface area (Å²) in [4.78, 5) is 37.8. The van der Waals surface area contributed by atoms with Crippen molar-refractivity contribution in [2.45, 2.75) is 57.7 Å². The monoisotopic (exact) mass is 456 g/mol. The first kappa shape index (κ1) is 21.5. The van der Waals surface area contributed by atoms with E-state index in [4.69, 9.17) is 9.47 Å². The maximum atomic E-state index is 14.1. The molecule has 174 valence electrons. The number of cyclic esters (lactones) is 1. The number of amides is 2. The molecular weight excluding hydrogens is 431 g/mol. The zero-order valence-electron chi connectivity index (χ0n) is 18.4. The number of pyridine rings is 1. The predicted octanol–water partition coefficient (Wildman–Crippen LogP) is 1.90. The molecule has 2 amide bonds. The minimum Gasteiger partial charge on any atom is -0.465 e. The number of rotatable bonds is 6. The highest BCUT2D eigenvalue weighted by atomic mass is 19.1. The van der Waals surface area contributed by atoms with Crippen molar-refractivity contribution in [1.82, 2.24) is 20.3 Å². The largest absolute Gasteiger partial charge is 0.465 e. The van der Waals surface area contributed by atoms with Crippen molar-refractivity contribution in [1.29, 1.82) is 0 Å². The number of hydrogen-bond donors (Lipinski definition) is 2. The van der Waals surface area contributed by atoms with E-state index in [2.05, 4.69) is 32.5 Å². The summed E-state index contributed by atoms with van der Waals surface area (Å²) in [6.07, 6.45) is 4.82. The summed E-state index contributed by atoms with van der Waals surface area (Å²) in [5.41, 5.74) is 2.66. The zero-order chi connectivity index (χ0) is 23.1. The minimum absolute atomic E-state index is 0.112. The van der Waals surface area contributed by atoms with Crippen LogP contribution in [0.3, 0.4) is 0 Å². The van der Waals surface area contributed by atoms with Crippen molar-refractivity contribution in [2.24, 2.45) is 0 Å². The lowest BCUT2D eigenvalue weighted by molar-refractivity contribution is -0.118. The normalized spacial score (nSPS) is 22.3. The fraction of sp³-hybridized carbons (Fsp3) is 0.500. The van der Waals surface area contributed by atoms with Crippen LogP contribution in [0.5, 0.6) is 5.88 Å². The Labute approximate surface area is 189 Å². The molecule has 3 atom stereocenters. The van der Waals surface area contributed by atoms with Crippen molar-refractivity contribution >= 4 is 23.6 Å². The van der Waals surface area contributed by atoms with Crippen LogP contribution in [0.2, 0.25) is 0 Å². The highest BCUT2D eigenvalue weighted by Gasteiger charge is 2.35. The molecule has 0 bridgehead atoms. The molecule has 0 radical (unpaired) electrons. The van der Waals surface area contributed by atoms with Crippen LogP contribution in [0.15, 0.2) is 12.4 Å². The zero-order valence-corrected chi connectivity index (χ0v) is 18.4. The van der Waals surface area contributed by atoms with Gasteiger partial charge in [0.1, 0.15) is 11.9 Å². The van der Waals surface area contributed by atoms with E-state index in [1.165, 1.54) is 17.3 Å². The van der Waals surface area contributed by atoms with Gasteiger partial charge in [-0.3, -0.25) is 14.7 Å². The Morgan fingerprint density at radius 1 is 1.27 bits per heavy atom. The number of anilines is 2. The van der Waals surface area contributed by atoms with Crippen LogP contribution >= 0.6 is 0 Å². The Morgan fingerprint density at radius 2 is 2.09 bits per heavy atom. The SMILES string of the molecule is Cc1ncc(F)c2c1CC(NC(C)CCC1CN(c3cnc4c(n3)NC(=O)CO4)C(=O)O1)C2. The quantitative estimate of drug-likeness (QED) is 0.677. The fourth-order valence-electron chi connectivity index (χ4n) is 4.61. The minimum atomic E-state index is -0.498. The summed E-state index contributed by atoms with van der Waals surface area (Å²) >= 11 is 0. The van der Waals surface area contributed by atoms with Gasteiger partial charge in [0, 0.05) is 17.8 Å². The Balaban J connectivity index is 1.14. The van der Waals surface area contributed by atoms with Crippen molar-refractivity contribution in [3.63, 3.8) is 0 Å². The van der Waals surface area contributed by atoms with Crippen LogP contribution in [0.1, 0.15) is 36.6 Å². The first-order valence-electron chi connectivity index (χ1n) is 11.0. The molecule has 2 aliphatic heterocycles. The van der Waals surface area contributed by atoms with Gasteiger partial charge < -0.3 is 20.1 Å². The third-order valence-corrected chi connectivity index (χ3v) is 6.28. The van der Waals surface area contributed by atoms with Crippen LogP contribution in [-0.4, -0.2) is 58.3 Å². The molecule has 2 aromatic heterocycles. The summed E-state index contributed by atoms with van der Waals surface area (Å²) < 4.78 is 24.8. The third-order valence-electron chi connectivity index (χ3n) is 6.28. The highest BCUT2D eigenvalue weighted by molar-refractivity contribution is 5.94. The molecule has 3 unspecified atom stereocenters. The van der Waals surface area contributed by atoms with E-state index in [0.717, 1.165) is 29.7 Å². The highest BCUT2D eigenvalue weighted by Crippen LogP contribution is 2.29. The van der Waals surface area contributed by atoms with Gasteiger partial charge in [0.25, 0.3) is 11.8 Å². The lowest BCUT2D eigenvalue weighted by atomic mass is 10.1. The molecule has 0 aromatic carbocycles. The molecule has 33 heavy (non-hydrogen) atoms. The number of nitrogens with zero attached hydrogens (tertiary/aromatic N) is 4. The van der Waals surface area contributed by atoms with Gasteiger partial charge in [0.05, 0.1) is 18.9 Å². The molecule has 0 saturated carbocycles. The molecule has 3 aliphatic rings. The van der Waals surface area contributed by atoms with Crippen LogP contribution in [-0.2, 0) is 22.4 Å². The van der Waals surface area contributed by atoms with Gasteiger partial charge in [-0.25, -0.2) is 19.2 Å². The van der Waals surface area contributed by atoms with E-state index < -0.39 is 6.09 Å². The Morgan fingerprint density at radius 3 is 2.91 bits per heavy atom. The van der Waals surface area contributed by atoms with Gasteiger partial charge in [0.2, 0.25) is 0 Å². The topological polar surface area (TPSA) is 119 Å². The molecule has 1 saturated heterocycles. The Bertz CT molecular complexity index is 1080. The van der Waals surface area contributed by atoms with Crippen molar-refractivity contribution in [3.8, 4) is 5.88 Å². The smallest absolute Gasteiger partial charge is 0.415 e. The second-order valence-electron chi connectivity index (χ2n) is 8.73. The maximum Gasteiger partial charge on any atom is 0.415 e. The molecule has 10 nitrogen and oxygen atoms in total. The van der Waals surface area contributed by atoms with E-state index in [-0.39, 0.29) is 48.2 Å². The summed E-state index contributed by atoms with van der Waals surface area (Å²) in [5.74, 6) is 0.159. The number of hydrogen-bond acceptors (Lipinski definition) is 8. The number of aromatic nitrogens is 3. The van der Waals surface area contributed by atoms with Crippen LogP contribution in [0.25, 0.3) is 0 Å². The van der Waals surface area contributed by atoms with E-state index in [0.29, 0.717) is 25.2 Å². The molecule has 0 spiro atoms. The molecule has 5 rings (SSSR count). The van der Waals surface area contributed by atoms with Crippen molar-refractivity contribution in [3.05, 3.63) is 35.0 Å². The molecule has 2 aromatic rings. The van der Waals surface area contributed by atoms with Crippen LogP contribution in [0.4, 0.5) is 20.8 Å². The van der Waals surface area contributed by atoms with E-state index >= 15 is 0 Å². The van der Waals surface area contributed by atoms with Crippen LogP contribution < -0.4 is 20.3 Å². The van der Waals surface area contributed by atoms with Crippen LogP contribution in [0, 0.1) is 12.7 Å². The van der Waals surface area contributed by atoms with Gasteiger partial charge in [-0.05, 0) is 50.7 Å². The number of halogens is 1. The Kier molecular flexibility index (Phi) is 5.57. The van der Waals surface area contributed by atoms with E-state index in [1.807, 2.05) is 6.92 Å². The summed E-state index contributed by atoms with van der Waals surface area (Å²) in [7, 11) is 0. The number of ether oxygens (including phenoxy) is 2. The third kappa shape index (κ3) is 4.32. The van der Waals surface area contributed by atoms with Gasteiger partial charge in [-0.2, -0.15) is 0 Å². The lowest BCUT2D eigenvalue weighted by Crippen LogP contribution is -2.37. The van der Waals surface area contributed by atoms with Crippen molar-refractivity contribution < 1.29 is 23.5 Å². The summed E-state index contributed by atoms with van der Waals surface area (Å²) in [5, 5.41) is 6.16. The van der Waals surface area contributed by atoms with Gasteiger partial charge in [-0.1, -0.05) is 0 Å². The van der Waals surface area contributed by atoms with E-state index in [1.54, 1.807) is 0 Å². The molecule has 2 N–H and O–H groups in total. The molecule has 11 heteroatoms. The molecule has 1 fully saturated rings. The number of fused-ring (bicyclic) bond motifs is 2. The molecular formula is C22H25FN6O4. The van der Waals surface area contributed by atoms with E-state index in [9.17, 15) is 14.0 Å². The molecule has 1 aliphatic carbocycles. The van der Waals surface area contributed by atoms with Gasteiger partial charge in [-0.15, -0.1) is 0 Å². The van der Waals surface area contributed by atoms with Gasteiger partial charge >= 0.3 is 6.09 Å². The second-order valence-corrected chi connectivity index (χ2v) is 8.73. The van der Waals surface area contributed by atoms with Crippen molar-refractivity contribution in [2.75, 3.05) is 23.4 Å². The number of carbonyl (C=O) groups is 2. The number of aryl methyl sites for hydroxylation is 1. The van der Waals surface area contributed by atoms with Gasteiger partial charge in [0.15, 0.2) is 18.2 Å². The average Bonchev–Trinajstić information content (AvgIpc) is 3.38. The number of carbonyl (C=O) groups excluding carboxylic acids is 2. The Hall–Kier alpha value is -3.34. The standard InChI is InChI=1S/C22H25FN6O4/c1-11(26-13-5-15-12(2)24-7-17(23)16(15)6-13)3-4-14-9-29(22(31)33-14)18-8-25-21-20(27-18)28-19(30)10-32-21/h7-8,11,13-14,26H,3-6,9-10H2,1-2H3,(H,27,28,30). The fourth-order valence-corrected chi connectivity index (χ4v) is 4.61. The first-order valence-corrected chi connectivity index (χ1v) is 11.0. The molecule has 4 heterocycles. The summed E-state index contributed by atoms with van der Waals surface area (Å²) in [6.45, 7) is 4.23. The number of nitrogens with one attached hydrogen (secondary N) is 2. The maximum absolute atomic E-state index is 14.1. The predicted molar refractivity (Wildman–Crippen MR) is 116 cm³/mol. The lowest BCUT2D eigenvalue weighted by Gasteiger charge is -2.20. The summed E-state index contributed by atoms with van der Waals surface area (Å²) in [6, 6.07) is 0.336. The first-order chi connectivity index (χ1) is 15.9.